The first kappa shape index (κ1) is 14.0. The minimum absolute atomic E-state index is 0.140. The highest BCUT2D eigenvalue weighted by atomic mass is 35.5. The number of nitro benzene ring substituents is 1. The Morgan fingerprint density at radius 2 is 2.12 bits per heavy atom. The fraction of sp³-hybridized carbons (Fsp3) is 0.538. The van der Waals surface area contributed by atoms with E-state index in [0.29, 0.717) is 5.02 Å². The Morgan fingerprint density at radius 3 is 2.71 bits per heavy atom. The van der Waals surface area contributed by atoms with Gasteiger partial charge in [-0.15, -0.1) is 0 Å². The summed E-state index contributed by atoms with van der Waals surface area (Å²) in [4.78, 5) is 10.6. The van der Waals surface area contributed by atoms with Gasteiger partial charge in [-0.1, -0.05) is 50.8 Å². The lowest BCUT2D eigenvalue weighted by Crippen LogP contribution is -2.00. The van der Waals surface area contributed by atoms with Crippen molar-refractivity contribution < 1.29 is 4.92 Å². The lowest BCUT2D eigenvalue weighted by atomic mass is 9.94. The fourth-order valence-corrected chi connectivity index (χ4v) is 2.11. The van der Waals surface area contributed by atoms with E-state index in [1.807, 2.05) is 6.92 Å². The average Bonchev–Trinajstić information content (AvgIpc) is 2.29. The molecule has 1 atom stereocenters. The number of benzene rings is 1. The van der Waals surface area contributed by atoms with Crippen LogP contribution in [0, 0.1) is 10.1 Å². The van der Waals surface area contributed by atoms with E-state index in [-0.39, 0.29) is 16.5 Å². The van der Waals surface area contributed by atoms with Gasteiger partial charge in [0.05, 0.1) is 4.92 Å². The van der Waals surface area contributed by atoms with Gasteiger partial charge >= 0.3 is 0 Å². The van der Waals surface area contributed by atoms with Gasteiger partial charge in [0.15, 0.2) is 0 Å². The van der Waals surface area contributed by atoms with Crippen molar-refractivity contribution in [2.24, 2.45) is 0 Å². The van der Waals surface area contributed by atoms with Crippen LogP contribution in [0.2, 0.25) is 5.02 Å². The van der Waals surface area contributed by atoms with Gasteiger partial charge in [0.2, 0.25) is 0 Å². The quantitative estimate of drug-likeness (QED) is 0.411. The third-order valence-corrected chi connectivity index (χ3v) is 3.20. The minimum atomic E-state index is -0.350. The molecule has 1 aromatic rings. The molecule has 0 aliphatic heterocycles. The molecular weight excluding hydrogens is 238 g/mol. The molecule has 0 heterocycles. The maximum atomic E-state index is 11.0. The van der Waals surface area contributed by atoms with Gasteiger partial charge in [0, 0.05) is 16.7 Å². The predicted octanol–water partition coefficient (Wildman–Crippen LogP) is 4.93. The summed E-state index contributed by atoms with van der Waals surface area (Å²) in [7, 11) is 0. The number of halogens is 1. The third-order valence-electron chi connectivity index (χ3n) is 2.96. The van der Waals surface area contributed by atoms with E-state index in [1.54, 1.807) is 12.1 Å². The Morgan fingerprint density at radius 1 is 1.41 bits per heavy atom. The van der Waals surface area contributed by atoms with E-state index in [4.69, 9.17) is 11.6 Å². The normalized spacial score (nSPS) is 12.4. The second-order valence-electron chi connectivity index (χ2n) is 4.36. The van der Waals surface area contributed by atoms with Gasteiger partial charge in [0.1, 0.15) is 0 Å². The fourth-order valence-electron chi connectivity index (χ4n) is 1.95. The summed E-state index contributed by atoms with van der Waals surface area (Å²) < 4.78 is 0. The summed E-state index contributed by atoms with van der Waals surface area (Å²) in [5.74, 6) is 0.208. The number of unbranched alkanes of at least 4 members (excludes halogenated alkanes) is 2. The molecule has 0 aliphatic rings. The van der Waals surface area contributed by atoms with Gasteiger partial charge < -0.3 is 0 Å². The van der Waals surface area contributed by atoms with E-state index in [2.05, 4.69) is 6.92 Å². The second-order valence-corrected chi connectivity index (χ2v) is 4.79. The first-order valence-corrected chi connectivity index (χ1v) is 6.38. The lowest BCUT2D eigenvalue weighted by molar-refractivity contribution is -0.385. The molecule has 3 nitrogen and oxygen atoms in total. The van der Waals surface area contributed by atoms with Gasteiger partial charge in [-0.2, -0.15) is 0 Å². The van der Waals surface area contributed by atoms with E-state index in [9.17, 15) is 10.1 Å². The van der Waals surface area contributed by atoms with Gasteiger partial charge in [0.25, 0.3) is 5.69 Å². The average molecular weight is 256 g/mol. The standard InChI is InChI=1S/C13H18ClNO2/c1-3-4-5-6-10(2)12-8-7-11(14)9-13(12)15(16)17/h7-10H,3-6H2,1-2H3. The number of hydrogen-bond donors (Lipinski definition) is 0. The summed E-state index contributed by atoms with van der Waals surface area (Å²) in [6.45, 7) is 4.18. The molecule has 0 N–H and O–H groups in total. The summed E-state index contributed by atoms with van der Waals surface area (Å²) in [5.41, 5.74) is 0.928. The molecule has 0 aliphatic carbocycles. The van der Waals surface area contributed by atoms with Crippen molar-refractivity contribution in [1.29, 1.82) is 0 Å². The molecule has 0 spiro atoms. The van der Waals surface area contributed by atoms with Gasteiger partial charge in [-0.3, -0.25) is 10.1 Å². The van der Waals surface area contributed by atoms with E-state index >= 15 is 0 Å². The molecule has 1 aromatic carbocycles. The predicted molar refractivity (Wildman–Crippen MR) is 70.7 cm³/mol. The number of hydrogen-bond acceptors (Lipinski definition) is 2. The van der Waals surface area contributed by atoms with Crippen molar-refractivity contribution in [2.75, 3.05) is 0 Å². The molecule has 0 saturated carbocycles. The van der Waals surface area contributed by atoms with Crippen LogP contribution in [0.3, 0.4) is 0 Å². The highest BCUT2D eigenvalue weighted by Crippen LogP contribution is 2.32. The number of rotatable bonds is 6. The van der Waals surface area contributed by atoms with Crippen molar-refractivity contribution in [3.8, 4) is 0 Å². The SMILES string of the molecule is CCCCCC(C)c1ccc(Cl)cc1[N+](=O)[O-]. The molecule has 17 heavy (non-hydrogen) atoms. The smallest absolute Gasteiger partial charge is 0.258 e. The van der Waals surface area contributed by atoms with Crippen LogP contribution in [0.15, 0.2) is 18.2 Å². The molecule has 0 radical (unpaired) electrons. The molecule has 0 fully saturated rings. The van der Waals surface area contributed by atoms with Crippen molar-refractivity contribution in [3.63, 3.8) is 0 Å². The Bertz CT molecular complexity index is 393. The van der Waals surface area contributed by atoms with Crippen LogP contribution in [-0.4, -0.2) is 4.92 Å². The Labute approximate surface area is 107 Å². The van der Waals surface area contributed by atoms with E-state index < -0.39 is 0 Å². The van der Waals surface area contributed by atoms with Crippen LogP contribution < -0.4 is 0 Å². The first-order valence-electron chi connectivity index (χ1n) is 6.00. The molecule has 0 bridgehead atoms. The minimum Gasteiger partial charge on any atom is -0.258 e. The van der Waals surface area contributed by atoms with Crippen LogP contribution in [-0.2, 0) is 0 Å². The summed E-state index contributed by atoms with van der Waals surface area (Å²) in [5, 5.41) is 11.4. The molecule has 1 unspecified atom stereocenters. The summed E-state index contributed by atoms with van der Waals surface area (Å²) in [6.07, 6.45) is 4.43. The molecule has 0 aromatic heterocycles. The molecular formula is C13H18ClNO2. The largest absolute Gasteiger partial charge is 0.274 e. The van der Waals surface area contributed by atoms with Crippen LogP contribution in [0.1, 0.15) is 51.0 Å². The van der Waals surface area contributed by atoms with Crippen LogP contribution in [0.25, 0.3) is 0 Å². The zero-order chi connectivity index (χ0) is 12.8. The molecule has 0 amide bonds. The van der Waals surface area contributed by atoms with Crippen LogP contribution in [0.5, 0.6) is 0 Å². The molecule has 0 saturated heterocycles. The topological polar surface area (TPSA) is 43.1 Å². The number of nitrogens with zero attached hydrogens (tertiary/aromatic N) is 1. The first-order chi connectivity index (χ1) is 8.06. The monoisotopic (exact) mass is 255 g/mol. The van der Waals surface area contributed by atoms with E-state index in [0.717, 1.165) is 24.8 Å². The second kappa shape index (κ2) is 6.60. The van der Waals surface area contributed by atoms with Crippen molar-refractivity contribution in [3.05, 3.63) is 38.9 Å². The number of nitro groups is 1. The maximum absolute atomic E-state index is 11.0. The Kier molecular flexibility index (Phi) is 5.42. The Hall–Kier alpha value is -1.09. The van der Waals surface area contributed by atoms with Crippen molar-refractivity contribution in [1.82, 2.24) is 0 Å². The van der Waals surface area contributed by atoms with Gasteiger partial charge in [-0.25, -0.2) is 0 Å². The third kappa shape index (κ3) is 4.00. The zero-order valence-corrected chi connectivity index (χ0v) is 11.0. The molecule has 1 rings (SSSR count). The van der Waals surface area contributed by atoms with Crippen molar-refractivity contribution >= 4 is 17.3 Å². The summed E-state index contributed by atoms with van der Waals surface area (Å²) >= 11 is 5.79. The lowest BCUT2D eigenvalue weighted by Gasteiger charge is -2.12. The van der Waals surface area contributed by atoms with Crippen molar-refractivity contribution in [2.45, 2.75) is 45.4 Å². The van der Waals surface area contributed by atoms with Crippen LogP contribution in [0.4, 0.5) is 5.69 Å². The molecule has 4 heteroatoms. The molecule has 94 valence electrons. The highest BCUT2D eigenvalue weighted by Gasteiger charge is 2.18. The van der Waals surface area contributed by atoms with E-state index in [1.165, 1.54) is 12.5 Å². The highest BCUT2D eigenvalue weighted by molar-refractivity contribution is 6.30. The summed E-state index contributed by atoms with van der Waals surface area (Å²) in [6, 6.07) is 4.94. The zero-order valence-electron chi connectivity index (χ0n) is 10.3. The Balaban J connectivity index is 2.84. The maximum Gasteiger partial charge on any atom is 0.274 e. The van der Waals surface area contributed by atoms with Crippen LogP contribution >= 0.6 is 11.6 Å². The van der Waals surface area contributed by atoms with Gasteiger partial charge in [-0.05, 0) is 18.4 Å².